The van der Waals surface area contributed by atoms with E-state index in [2.05, 4.69) is 10.4 Å². The maximum absolute atomic E-state index is 12.9. The summed E-state index contributed by atoms with van der Waals surface area (Å²) < 4.78 is 22.6. The second-order valence-electron chi connectivity index (χ2n) is 7.04. The molecule has 0 saturated carbocycles. The number of rotatable bonds is 9. The molecular formula is C24H27N3O6. The van der Waals surface area contributed by atoms with E-state index in [1.165, 1.54) is 27.4 Å². The molecule has 9 heteroatoms. The number of methoxy groups -OCH3 is 3. The molecule has 0 aliphatic carbocycles. The standard InChI is InChI=1S/C24H27N3O6/c1-6-33-18-9-7-16(8-10-18)19-11-12-22(28)27(26-19)15(2)24(29)25-17-13-20(30-3)23(32-5)21(14-17)31-4/h7-15H,6H2,1-5H3,(H,25,29). The fourth-order valence-electron chi connectivity index (χ4n) is 3.26. The summed E-state index contributed by atoms with van der Waals surface area (Å²) in [6.07, 6.45) is 0. The van der Waals surface area contributed by atoms with Crippen LogP contribution in [0.25, 0.3) is 11.3 Å². The lowest BCUT2D eigenvalue weighted by molar-refractivity contribution is -0.119. The molecule has 0 radical (unpaired) electrons. The number of nitrogens with one attached hydrogen (secondary N) is 1. The third kappa shape index (κ3) is 5.25. The highest BCUT2D eigenvalue weighted by molar-refractivity contribution is 5.94. The number of carbonyl (C=O) groups is 1. The Morgan fingerprint density at radius 2 is 1.64 bits per heavy atom. The Bertz CT molecular complexity index is 1150. The average Bonchev–Trinajstić information content (AvgIpc) is 2.84. The zero-order valence-corrected chi connectivity index (χ0v) is 19.2. The molecule has 3 rings (SSSR count). The van der Waals surface area contributed by atoms with Crippen LogP contribution in [0, 0.1) is 0 Å². The first-order chi connectivity index (χ1) is 15.9. The molecule has 1 amide bonds. The van der Waals surface area contributed by atoms with Crippen molar-refractivity contribution in [2.45, 2.75) is 19.9 Å². The Hall–Kier alpha value is -4.01. The van der Waals surface area contributed by atoms with E-state index in [1.807, 2.05) is 31.2 Å². The average molecular weight is 453 g/mol. The summed E-state index contributed by atoms with van der Waals surface area (Å²) in [6, 6.07) is 12.7. The van der Waals surface area contributed by atoms with E-state index in [0.29, 0.717) is 35.2 Å². The molecule has 1 aromatic heterocycles. The Morgan fingerprint density at radius 3 is 2.18 bits per heavy atom. The van der Waals surface area contributed by atoms with Crippen LogP contribution < -0.4 is 29.8 Å². The number of nitrogens with zero attached hydrogens (tertiary/aromatic N) is 2. The van der Waals surface area contributed by atoms with Crippen molar-refractivity contribution in [3.05, 3.63) is 58.9 Å². The number of hydrogen-bond donors (Lipinski definition) is 1. The van der Waals surface area contributed by atoms with Gasteiger partial charge >= 0.3 is 0 Å². The van der Waals surface area contributed by atoms with Gasteiger partial charge in [-0.3, -0.25) is 9.59 Å². The predicted octanol–water partition coefficient (Wildman–Crippen LogP) is 3.53. The van der Waals surface area contributed by atoms with Crippen LogP contribution >= 0.6 is 0 Å². The molecule has 0 fully saturated rings. The number of carbonyl (C=O) groups excluding carboxylic acids is 1. The van der Waals surface area contributed by atoms with Gasteiger partial charge in [0.05, 0.1) is 33.6 Å². The summed E-state index contributed by atoms with van der Waals surface area (Å²) in [5.74, 6) is 1.52. The van der Waals surface area contributed by atoms with Gasteiger partial charge in [0, 0.05) is 29.4 Å². The molecule has 33 heavy (non-hydrogen) atoms. The van der Waals surface area contributed by atoms with Gasteiger partial charge in [0.2, 0.25) is 11.7 Å². The maximum atomic E-state index is 12.9. The summed E-state index contributed by atoms with van der Waals surface area (Å²) in [7, 11) is 4.47. The van der Waals surface area contributed by atoms with Crippen LogP contribution in [0.4, 0.5) is 5.69 Å². The van der Waals surface area contributed by atoms with Crippen LogP contribution in [0.15, 0.2) is 53.3 Å². The van der Waals surface area contributed by atoms with Gasteiger partial charge in [0.1, 0.15) is 11.8 Å². The lowest BCUT2D eigenvalue weighted by atomic mass is 10.1. The smallest absolute Gasteiger partial charge is 0.267 e. The van der Waals surface area contributed by atoms with Gasteiger partial charge in [-0.25, -0.2) is 4.68 Å². The fourth-order valence-corrected chi connectivity index (χ4v) is 3.26. The third-order valence-corrected chi connectivity index (χ3v) is 4.96. The first-order valence-corrected chi connectivity index (χ1v) is 10.4. The zero-order valence-electron chi connectivity index (χ0n) is 19.2. The first-order valence-electron chi connectivity index (χ1n) is 10.4. The summed E-state index contributed by atoms with van der Waals surface area (Å²) in [5.41, 5.74) is 1.39. The minimum absolute atomic E-state index is 0.391. The zero-order chi connectivity index (χ0) is 24.0. The fraction of sp³-hybridized carbons (Fsp3) is 0.292. The molecule has 0 spiro atoms. The lowest BCUT2D eigenvalue weighted by Crippen LogP contribution is -2.33. The normalized spacial score (nSPS) is 11.4. The molecule has 2 aromatic carbocycles. The van der Waals surface area contributed by atoms with Gasteiger partial charge in [-0.1, -0.05) is 0 Å². The second kappa shape index (κ2) is 10.5. The molecule has 1 N–H and O–H groups in total. The summed E-state index contributed by atoms with van der Waals surface area (Å²) in [4.78, 5) is 25.4. The monoisotopic (exact) mass is 453 g/mol. The first kappa shape index (κ1) is 23.6. The molecular weight excluding hydrogens is 426 g/mol. The Labute approximate surface area is 191 Å². The van der Waals surface area contributed by atoms with E-state index in [-0.39, 0.29) is 0 Å². The van der Waals surface area contributed by atoms with Gasteiger partial charge in [-0.2, -0.15) is 5.10 Å². The highest BCUT2D eigenvalue weighted by atomic mass is 16.5. The highest BCUT2D eigenvalue weighted by Crippen LogP contribution is 2.40. The molecule has 174 valence electrons. The Balaban J connectivity index is 1.86. The molecule has 3 aromatic rings. The molecule has 0 aliphatic heterocycles. The number of hydrogen-bond acceptors (Lipinski definition) is 7. The second-order valence-corrected chi connectivity index (χ2v) is 7.04. The molecule has 1 heterocycles. The van der Waals surface area contributed by atoms with Gasteiger partial charge in [-0.15, -0.1) is 0 Å². The van der Waals surface area contributed by atoms with Crippen molar-refractivity contribution in [2.24, 2.45) is 0 Å². The topological polar surface area (TPSA) is 101 Å². The SMILES string of the molecule is CCOc1ccc(-c2ccc(=O)n(C(C)C(=O)Nc3cc(OC)c(OC)c(OC)c3)n2)cc1. The molecule has 1 atom stereocenters. The van der Waals surface area contributed by atoms with Crippen LogP contribution in [-0.4, -0.2) is 43.6 Å². The van der Waals surface area contributed by atoms with Crippen molar-refractivity contribution in [2.75, 3.05) is 33.3 Å². The Kier molecular flexibility index (Phi) is 7.55. The van der Waals surface area contributed by atoms with Crippen LogP contribution in [0.3, 0.4) is 0 Å². The van der Waals surface area contributed by atoms with Gasteiger partial charge in [0.15, 0.2) is 11.5 Å². The van der Waals surface area contributed by atoms with E-state index in [9.17, 15) is 9.59 Å². The molecule has 0 saturated heterocycles. The number of ether oxygens (including phenoxy) is 4. The van der Waals surface area contributed by atoms with Gasteiger partial charge in [-0.05, 0) is 44.2 Å². The summed E-state index contributed by atoms with van der Waals surface area (Å²) >= 11 is 0. The van der Waals surface area contributed by atoms with E-state index < -0.39 is 17.5 Å². The van der Waals surface area contributed by atoms with E-state index in [1.54, 1.807) is 25.1 Å². The lowest BCUT2D eigenvalue weighted by Gasteiger charge is -2.17. The van der Waals surface area contributed by atoms with Crippen molar-refractivity contribution in [1.29, 1.82) is 0 Å². The van der Waals surface area contributed by atoms with E-state index >= 15 is 0 Å². The number of aromatic nitrogens is 2. The molecule has 9 nitrogen and oxygen atoms in total. The number of anilines is 1. The minimum Gasteiger partial charge on any atom is -0.494 e. The Morgan fingerprint density at radius 1 is 1.00 bits per heavy atom. The summed E-state index contributed by atoms with van der Waals surface area (Å²) in [5, 5.41) is 7.19. The van der Waals surface area contributed by atoms with Crippen LogP contribution in [0.2, 0.25) is 0 Å². The van der Waals surface area contributed by atoms with Crippen molar-refractivity contribution < 1.29 is 23.7 Å². The predicted molar refractivity (Wildman–Crippen MR) is 125 cm³/mol. The van der Waals surface area contributed by atoms with Crippen molar-refractivity contribution in [1.82, 2.24) is 9.78 Å². The number of benzene rings is 2. The summed E-state index contributed by atoms with van der Waals surface area (Å²) in [6.45, 7) is 4.08. The quantitative estimate of drug-likeness (QED) is 0.529. The third-order valence-electron chi connectivity index (χ3n) is 4.96. The molecule has 1 unspecified atom stereocenters. The van der Waals surface area contributed by atoms with Gasteiger partial charge in [0.25, 0.3) is 5.56 Å². The van der Waals surface area contributed by atoms with Crippen molar-refractivity contribution >= 4 is 11.6 Å². The van der Waals surface area contributed by atoms with E-state index in [4.69, 9.17) is 18.9 Å². The van der Waals surface area contributed by atoms with Crippen molar-refractivity contribution in [3.63, 3.8) is 0 Å². The van der Waals surface area contributed by atoms with E-state index in [0.717, 1.165) is 16.0 Å². The van der Waals surface area contributed by atoms with Crippen LogP contribution in [0.5, 0.6) is 23.0 Å². The molecule has 0 aliphatic rings. The highest BCUT2D eigenvalue weighted by Gasteiger charge is 2.20. The van der Waals surface area contributed by atoms with Crippen molar-refractivity contribution in [3.8, 4) is 34.3 Å². The van der Waals surface area contributed by atoms with Crippen LogP contribution in [0.1, 0.15) is 19.9 Å². The van der Waals surface area contributed by atoms with Crippen LogP contribution in [-0.2, 0) is 4.79 Å². The largest absolute Gasteiger partial charge is 0.494 e. The maximum Gasteiger partial charge on any atom is 0.267 e. The van der Waals surface area contributed by atoms with Gasteiger partial charge < -0.3 is 24.3 Å². The number of amides is 1. The molecule has 0 bridgehead atoms. The minimum atomic E-state index is -0.876.